The Hall–Kier alpha value is -0.650. The molecule has 1 unspecified atom stereocenters. The molecule has 0 radical (unpaired) electrons. The summed E-state index contributed by atoms with van der Waals surface area (Å²) in [6, 6.07) is 6.54. The molecule has 0 saturated carbocycles. The van der Waals surface area contributed by atoms with E-state index < -0.39 is 0 Å². The van der Waals surface area contributed by atoms with Gasteiger partial charge in [-0.2, -0.15) is 0 Å². The van der Waals surface area contributed by atoms with Crippen LogP contribution in [0.4, 0.5) is 5.69 Å². The lowest BCUT2D eigenvalue weighted by atomic mass is 10.1. The number of nitrogens with zero attached hydrogens (tertiary/aromatic N) is 1. The summed E-state index contributed by atoms with van der Waals surface area (Å²) in [5.41, 5.74) is 7.70. The third-order valence-corrected chi connectivity index (χ3v) is 4.08. The zero-order valence-electron chi connectivity index (χ0n) is 11.6. The normalized spacial score (nSPS) is 12.2. The lowest BCUT2D eigenvalue weighted by molar-refractivity contribution is 0.203. The Kier molecular flexibility index (Phi) is 6.75. The van der Waals surface area contributed by atoms with Crippen LogP contribution in [0.25, 0.3) is 0 Å². The number of thiocarbonyl (C=S) groups is 1. The molecular weight excluding hydrogens is 324 g/mol. The maximum absolute atomic E-state index is 5.67. The molecule has 3 nitrogen and oxygen atoms in total. The Balaban J connectivity index is 3.02. The van der Waals surface area contributed by atoms with E-state index in [0.29, 0.717) is 17.6 Å². The second-order valence-electron chi connectivity index (χ2n) is 4.47. The van der Waals surface area contributed by atoms with Crippen molar-refractivity contribution in [2.24, 2.45) is 5.73 Å². The van der Waals surface area contributed by atoms with Crippen molar-refractivity contribution in [3.63, 3.8) is 0 Å². The molecule has 1 atom stereocenters. The van der Waals surface area contributed by atoms with E-state index >= 15 is 0 Å². The molecule has 1 aromatic rings. The highest BCUT2D eigenvalue weighted by Gasteiger charge is 2.14. The van der Waals surface area contributed by atoms with Crippen molar-refractivity contribution in [3.8, 4) is 0 Å². The smallest absolute Gasteiger partial charge is 0.105 e. The number of ether oxygens (including phenoxy) is 1. The van der Waals surface area contributed by atoms with Crippen molar-refractivity contribution < 1.29 is 4.74 Å². The molecule has 106 valence electrons. The number of rotatable bonds is 7. The van der Waals surface area contributed by atoms with E-state index in [1.807, 2.05) is 6.07 Å². The average molecular weight is 345 g/mol. The van der Waals surface area contributed by atoms with Crippen molar-refractivity contribution in [3.05, 3.63) is 28.2 Å². The van der Waals surface area contributed by atoms with Crippen LogP contribution in [-0.4, -0.2) is 31.3 Å². The van der Waals surface area contributed by atoms with Gasteiger partial charge in [0, 0.05) is 35.4 Å². The van der Waals surface area contributed by atoms with Crippen molar-refractivity contribution in [1.82, 2.24) is 0 Å². The number of hydrogen-bond donors (Lipinski definition) is 1. The fraction of sp³-hybridized carbons (Fsp3) is 0.500. The van der Waals surface area contributed by atoms with E-state index in [1.54, 1.807) is 7.11 Å². The first-order chi connectivity index (χ1) is 9.01. The molecule has 0 heterocycles. The predicted molar refractivity (Wildman–Crippen MR) is 89.0 cm³/mol. The Bertz CT molecular complexity index is 439. The van der Waals surface area contributed by atoms with Crippen LogP contribution in [0.5, 0.6) is 0 Å². The van der Waals surface area contributed by atoms with Crippen molar-refractivity contribution in [2.45, 2.75) is 26.3 Å². The van der Waals surface area contributed by atoms with Gasteiger partial charge < -0.3 is 15.4 Å². The first-order valence-electron chi connectivity index (χ1n) is 6.36. The molecule has 0 aliphatic heterocycles. The first-order valence-corrected chi connectivity index (χ1v) is 7.56. The fourth-order valence-electron chi connectivity index (χ4n) is 1.90. The zero-order valence-corrected chi connectivity index (χ0v) is 14.1. The topological polar surface area (TPSA) is 38.5 Å². The third kappa shape index (κ3) is 4.44. The summed E-state index contributed by atoms with van der Waals surface area (Å²) in [4.78, 5) is 2.74. The van der Waals surface area contributed by atoms with Crippen LogP contribution in [0.2, 0.25) is 0 Å². The summed E-state index contributed by atoms with van der Waals surface area (Å²) < 4.78 is 6.12. The van der Waals surface area contributed by atoms with Gasteiger partial charge in [-0.15, -0.1) is 0 Å². The van der Waals surface area contributed by atoms with E-state index in [9.17, 15) is 0 Å². The molecule has 0 bridgehead atoms. The number of hydrogen-bond acceptors (Lipinski definition) is 3. The maximum Gasteiger partial charge on any atom is 0.105 e. The summed E-state index contributed by atoms with van der Waals surface area (Å²) in [6.07, 6.45) is 1.08. The van der Waals surface area contributed by atoms with Crippen LogP contribution >= 0.6 is 28.1 Å². The number of nitrogens with two attached hydrogens (primary N) is 1. The predicted octanol–water partition coefficient (Wildman–Crippen LogP) is 3.33. The number of methoxy groups -OCH3 is 1. The molecule has 0 aliphatic carbocycles. The maximum atomic E-state index is 5.67. The van der Waals surface area contributed by atoms with E-state index in [0.717, 1.165) is 28.7 Å². The second-order valence-corrected chi connectivity index (χ2v) is 5.77. The van der Waals surface area contributed by atoms with E-state index in [4.69, 9.17) is 22.7 Å². The van der Waals surface area contributed by atoms with Crippen LogP contribution in [0.3, 0.4) is 0 Å². The van der Waals surface area contributed by atoms with Gasteiger partial charge in [-0.3, -0.25) is 0 Å². The number of anilines is 1. The van der Waals surface area contributed by atoms with E-state index in [-0.39, 0.29) is 0 Å². The van der Waals surface area contributed by atoms with Crippen molar-refractivity contribution in [2.75, 3.05) is 25.2 Å². The van der Waals surface area contributed by atoms with Gasteiger partial charge in [-0.25, -0.2) is 0 Å². The molecule has 19 heavy (non-hydrogen) atoms. The van der Waals surface area contributed by atoms with Gasteiger partial charge in [-0.1, -0.05) is 19.1 Å². The molecular formula is C14H21BrN2OS. The minimum absolute atomic E-state index is 0.408. The second kappa shape index (κ2) is 7.82. The molecule has 0 saturated heterocycles. The molecule has 0 fully saturated rings. The third-order valence-electron chi connectivity index (χ3n) is 3.21. The molecule has 0 aliphatic rings. The van der Waals surface area contributed by atoms with Crippen LogP contribution in [0, 0.1) is 0 Å². The summed E-state index contributed by atoms with van der Waals surface area (Å²) in [6.45, 7) is 5.97. The highest BCUT2D eigenvalue weighted by molar-refractivity contribution is 9.10. The van der Waals surface area contributed by atoms with E-state index in [2.05, 4.69) is 46.8 Å². The van der Waals surface area contributed by atoms with E-state index in [1.165, 1.54) is 0 Å². The zero-order chi connectivity index (χ0) is 14.4. The van der Waals surface area contributed by atoms with Gasteiger partial charge in [0.2, 0.25) is 0 Å². The monoisotopic (exact) mass is 344 g/mol. The quantitative estimate of drug-likeness (QED) is 0.770. The molecule has 2 N–H and O–H groups in total. The van der Waals surface area contributed by atoms with Crippen molar-refractivity contribution in [1.29, 1.82) is 0 Å². The molecule has 1 aromatic carbocycles. The Morgan fingerprint density at radius 3 is 2.68 bits per heavy atom. The molecule has 5 heteroatoms. The van der Waals surface area contributed by atoms with Gasteiger partial charge in [0.1, 0.15) is 4.99 Å². The fourth-order valence-corrected chi connectivity index (χ4v) is 2.79. The minimum Gasteiger partial charge on any atom is -0.389 e. The van der Waals surface area contributed by atoms with Gasteiger partial charge in [0.15, 0.2) is 0 Å². The molecule has 0 spiro atoms. The molecule has 0 amide bonds. The average Bonchev–Trinajstić information content (AvgIpc) is 2.38. The van der Waals surface area contributed by atoms with Gasteiger partial charge in [-0.05, 0) is 47.5 Å². The first kappa shape index (κ1) is 16.4. The van der Waals surface area contributed by atoms with Crippen LogP contribution in [0.1, 0.15) is 25.8 Å². The molecule has 0 aromatic heterocycles. The van der Waals surface area contributed by atoms with Crippen LogP contribution in [0.15, 0.2) is 22.7 Å². The lowest BCUT2D eigenvalue weighted by Gasteiger charge is -2.31. The number of halogens is 1. The summed E-state index contributed by atoms with van der Waals surface area (Å²) >= 11 is 8.55. The van der Waals surface area contributed by atoms with Gasteiger partial charge >= 0.3 is 0 Å². The minimum atomic E-state index is 0.408. The van der Waals surface area contributed by atoms with Crippen molar-refractivity contribution >= 4 is 38.8 Å². The Morgan fingerprint density at radius 1 is 1.53 bits per heavy atom. The number of benzene rings is 1. The highest BCUT2D eigenvalue weighted by atomic mass is 79.9. The van der Waals surface area contributed by atoms with Gasteiger partial charge in [0.05, 0.1) is 6.61 Å². The summed E-state index contributed by atoms with van der Waals surface area (Å²) in [5, 5.41) is 0. The lowest BCUT2D eigenvalue weighted by Crippen LogP contribution is -2.35. The van der Waals surface area contributed by atoms with Gasteiger partial charge in [0.25, 0.3) is 0 Å². The van der Waals surface area contributed by atoms with Crippen LogP contribution < -0.4 is 10.6 Å². The van der Waals surface area contributed by atoms with Crippen LogP contribution in [-0.2, 0) is 4.74 Å². The Labute approximate surface area is 129 Å². The highest BCUT2D eigenvalue weighted by Crippen LogP contribution is 2.26. The summed E-state index contributed by atoms with van der Waals surface area (Å²) in [5.74, 6) is 0. The largest absolute Gasteiger partial charge is 0.389 e. The molecule has 1 rings (SSSR count). The Morgan fingerprint density at radius 2 is 2.21 bits per heavy atom. The standard InChI is InChI=1S/C14H21BrN2OS/c1-4-10(2)17(7-8-18-3)11-5-6-12(14(16)19)13(15)9-11/h5-6,9-10H,4,7-8H2,1-3H3,(H2,16,19). The SMILES string of the molecule is CCC(C)N(CCOC)c1ccc(C(N)=S)c(Br)c1. The summed E-state index contributed by atoms with van der Waals surface area (Å²) in [7, 11) is 1.72.